The lowest BCUT2D eigenvalue weighted by Crippen LogP contribution is -1.79. The van der Waals surface area contributed by atoms with Crippen LogP contribution in [0.25, 0.3) is 26.4 Å². The van der Waals surface area contributed by atoms with E-state index in [9.17, 15) is 4.39 Å². The molecule has 2 nitrogen and oxygen atoms in total. The van der Waals surface area contributed by atoms with E-state index < -0.39 is 0 Å². The van der Waals surface area contributed by atoms with E-state index in [1.807, 2.05) is 10.6 Å². The maximum Gasteiger partial charge on any atom is 0.195 e. The average molecular weight is 394 g/mol. The van der Waals surface area contributed by atoms with Crippen molar-refractivity contribution >= 4 is 49.1 Å². The lowest BCUT2D eigenvalue weighted by atomic mass is 10.2. The summed E-state index contributed by atoms with van der Waals surface area (Å²) in [6.45, 7) is 0. The van der Waals surface area contributed by atoms with E-state index >= 15 is 0 Å². The first-order valence-corrected chi connectivity index (χ1v) is 7.93. The van der Waals surface area contributed by atoms with Gasteiger partial charge in [-0.05, 0) is 52.9 Å². The molecule has 20 heavy (non-hydrogen) atoms. The Kier molecular flexibility index (Phi) is 2.78. The smallest absolute Gasteiger partial charge is 0.195 e. The number of hydrogen-bond acceptors (Lipinski definition) is 2. The van der Waals surface area contributed by atoms with E-state index in [2.05, 4.69) is 51.8 Å². The van der Waals surface area contributed by atoms with Crippen LogP contribution in [0.15, 0.2) is 48.7 Å². The highest BCUT2D eigenvalue weighted by Gasteiger charge is 2.10. The zero-order valence-corrected chi connectivity index (χ0v) is 13.2. The molecule has 0 saturated heterocycles. The minimum Gasteiger partial charge on any atom is -0.290 e. The maximum atomic E-state index is 13.2. The predicted octanol–water partition coefficient (Wildman–Crippen LogP) is 4.96. The molecule has 0 fully saturated rings. The second kappa shape index (κ2) is 4.53. The highest BCUT2D eigenvalue weighted by Crippen LogP contribution is 2.30. The fourth-order valence-corrected chi connectivity index (χ4v) is 3.63. The first-order valence-electron chi connectivity index (χ1n) is 6.04. The van der Waals surface area contributed by atoms with Gasteiger partial charge in [0.2, 0.25) is 0 Å². The summed E-state index contributed by atoms with van der Waals surface area (Å²) < 4.78 is 17.4. The maximum absolute atomic E-state index is 13.2. The van der Waals surface area contributed by atoms with Crippen LogP contribution in [-0.2, 0) is 0 Å². The Morgan fingerprint density at radius 1 is 1.10 bits per heavy atom. The van der Waals surface area contributed by atoms with Crippen LogP contribution in [0, 0.1) is 9.39 Å². The third-order valence-corrected chi connectivity index (χ3v) is 4.93. The second-order valence-electron chi connectivity index (χ2n) is 4.50. The van der Waals surface area contributed by atoms with Gasteiger partial charge >= 0.3 is 0 Å². The molecular weight excluding hydrogens is 386 g/mol. The van der Waals surface area contributed by atoms with Gasteiger partial charge in [-0.1, -0.05) is 23.5 Å². The molecule has 0 amide bonds. The number of aromatic nitrogens is 2. The van der Waals surface area contributed by atoms with E-state index in [0.29, 0.717) is 0 Å². The van der Waals surface area contributed by atoms with Crippen LogP contribution < -0.4 is 0 Å². The van der Waals surface area contributed by atoms with Crippen LogP contribution in [0.5, 0.6) is 0 Å². The molecule has 0 radical (unpaired) electrons. The quantitative estimate of drug-likeness (QED) is 0.417. The number of fused-ring (bicyclic) bond motifs is 3. The minimum absolute atomic E-state index is 0.208. The molecule has 2 heterocycles. The fourth-order valence-electron chi connectivity index (χ4n) is 2.23. The number of hydrogen-bond donors (Lipinski definition) is 0. The molecule has 2 aromatic heterocycles. The lowest BCUT2D eigenvalue weighted by Gasteiger charge is -1.96. The third kappa shape index (κ3) is 1.92. The van der Waals surface area contributed by atoms with Gasteiger partial charge in [-0.15, -0.1) is 0 Å². The summed E-state index contributed by atoms with van der Waals surface area (Å²) >= 11 is 3.79. The number of halogens is 2. The Morgan fingerprint density at radius 2 is 1.90 bits per heavy atom. The van der Waals surface area contributed by atoms with Gasteiger partial charge in [-0.2, -0.15) is 0 Å². The monoisotopic (exact) mass is 394 g/mol. The van der Waals surface area contributed by atoms with E-state index in [1.165, 1.54) is 21.0 Å². The van der Waals surface area contributed by atoms with Crippen LogP contribution in [-0.4, -0.2) is 9.38 Å². The Hall–Kier alpha value is -1.47. The van der Waals surface area contributed by atoms with Gasteiger partial charge in [0, 0.05) is 15.3 Å². The lowest BCUT2D eigenvalue weighted by molar-refractivity contribution is 0.630. The Labute approximate surface area is 132 Å². The summed E-state index contributed by atoms with van der Waals surface area (Å²) in [6, 6.07) is 13.1. The molecular formula is C15H8FIN2S. The molecule has 5 heteroatoms. The summed E-state index contributed by atoms with van der Waals surface area (Å²) in [5.74, 6) is -0.208. The normalized spacial score (nSPS) is 11.5. The molecule has 98 valence electrons. The van der Waals surface area contributed by atoms with Gasteiger partial charge in [0.15, 0.2) is 4.96 Å². The molecule has 0 spiro atoms. The van der Waals surface area contributed by atoms with Crippen molar-refractivity contribution in [1.82, 2.24) is 9.38 Å². The van der Waals surface area contributed by atoms with Crippen LogP contribution in [0.1, 0.15) is 0 Å². The standard InChI is InChI=1S/C15H8FIN2S/c16-10-3-6-13-14(7-10)20-15-18-12(8-19(13)15)9-1-4-11(17)5-2-9/h1-8H. The van der Waals surface area contributed by atoms with Crippen molar-refractivity contribution in [3.63, 3.8) is 0 Å². The van der Waals surface area contributed by atoms with Crippen molar-refractivity contribution < 1.29 is 4.39 Å². The topological polar surface area (TPSA) is 17.3 Å². The van der Waals surface area contributed by atoms with Gasteiger partial charge in [-0.3, -0.25) is 4.40 Å². The van der Waals surface area contributed by atoms with Crippen LogP contribution in [0.2, 0.25) is 0 Å². The molecule has 0 aliphatic rings. The SMILES string of the molecule is Fc1ccc2c(c1)sc1nc(-c3ccc(I)cc3)cn12. The number of benzene rings is 2. The van der Waals surface area contributed by atoms with Crippen LogP contribution in [0.3, 0.4) is 0 Å². The van der Waals surface area contributed by atoms with Crippen LogP contribution in [0.4, 0.5) is 4.39 Å². The van der Waals surface area contributed by atoms with Gasteiger partial charge in [0.1, 0.15) is 5.82 Å². The zero-order chi connectivity index (χ0) is 13.7. The molecule has 2 aromatic carbocycles. The highest BCUT2D eigenvalue weighted by atomic mass is 127. The summed E-state index contributed by atoms with van der Waals surface area (Å²) in [6.07, 6.45) is 2.01. The molecule has 4 aromatic rings. The van der Waals surface area contributed by atoms with Crippen molar-refractivity contribution in [3.05, 3.63) is 58.0 Å². The first-order chi connectivity index (χ1) is 9.70. The number of rotatable bonds is 1. The Balaban J connectivity index is 1.93. The van der Waals surface area contributed by atoms with E-state index in [0.717, 1.165) is 26.4 Å². The second-order valence-corrected chi connectivity index (χ2v) is 6.75. The van der Waals surface area contributed by atoms with Crippen molar-refractivity contribution in [2.75, 3.05) is 0 Å². The van der Waals surface area contributed by atoms with Gasteiger partial charge in [-0.25, -0.2) is 9.37 Å². The van der Waals surface area contributed by atoms with Crippen molar-refractivity contribution in [2.24, 2.45) is 0 Å². The highest BCUT2D eigenvalue weighted by molar-refractivity contribution is 14.1. The fraction of sp³-hybridized carbons (Fsp3) is 0. The van der Waals surface area contributed by atoms with Crippen LogP contribution >= 0.6 is 33.9 Å². The summed E-state index contributed by atoms with van der Waals surface area (Å²) in [5, 5.41) is 0. The summed E-state index contributed by atoms with van der Waals surface area (Å²) in [7, 11) is 0. The number of imidazole rings is 1. The number of nitrogens with zero attached hydrogens (tertiary/aromatic N) is 2. The van der Waals surface area contributed by atoms with Crippen molar-refractivity contribution in [2.45, 2.75) is 0 Å². The van der Waals surface area contributed by atoms with Gasteiger partial charge < -0.3 is 0 Å². The largest absolute Gasteiger partial charge is 0.290 e. The first kappa shape index (κ1) is 12.3. The molecule has 0 N–H and O–H groups in total. The molecule has 4 rings (SSSR count). The third-order valence-electron chi connectivity index (χ3n) is 3.20. The van der Waals surface area contributed by atoms with E-state index in [-0.39, 0.29) is 5.82 Å². The summed E-state index contributed by atoms with van der Waals surface area (Å²) in [5.41, 5.74) is 3.03. The molecule has 0 unspecified atom stereocenters. The minimum atomic E-state index is -0.208. The van der Waals surface area contributed by atoms with Crippen molar-refractivity contribution in [1.29, 1.82) is 0 Å². The Bertz CT molecular complexity index is 924. The van der Waals surface area contributed by atoms with Gasteiger partial charge in [0.25, 0.3) is 0 Å². The van der Waals surface area contributed by atoms with Crippen molar-refractivity contribution in [3.8, 4) is 11.3 Å². The van der Waals surface area contributed by atoms with Gasteiger partial charge in [0.05, 0.1) is 15.9 Å². The molecule has 0 aliphatic heterocycles. The summed E-state index contributed by atoms with van der Waals surface area (Å²) in [4.78, 5) is 5.52. The zero-order valence-electron chi connectivity index (χ0n) is 10.2. The molecule has 0 saturated carbocycles. The number of thiazole rings is 1. The average Bonchev–Trinajstić information content (AvgIpc) is 2.96. The molecule has 0 bridgehead atoms. The van der Waals surface area contributed by atoms with E-state index in [1.54, 1.807) is 12.1 Å². The van der Waals surface area contributed by atoms with E-state index in [4.69, 9.17) is 0 Å². The molecule has 0 atom stereocenters. The Morgan fingerprint density at radius 3 is 2.70 bits per heavy atom. The predicted molar refractivity (Wildman–Crippen MR) is 88.7 cm³/mol. The molecule has 0 aliphatic carbocycles.